The minimum absolute atomic E-state index is 0.0410. The van der Waals surface area contributed by atoms with Crippen LogP contribution in [0.2, 0.25) is 0 Å². The largest absolute Gasteiger partial charge is 0.481 e. The van der Waals surface area contributed by atoms with Crippen LogP contribution in [0.3, 0.4) is 0 Å². The van der Waals surface area contributed by atoms with Crippen molar-refractivity contribution in [3.05, 3.63) is 0 Å². The van der Waals surface area contributed by atoms with Gasteiger partial charge in [0, 0.05) is 20.0 Å². The van der Waals surface area contributed by atoms with Crippen molar-refractivity contribution in [2.24, 2.45) is 5.92 Å². The lowest BCUT2D eigenvalue weighted by molar-refractivity contribution is -0.138. The smallest absolute Gasteiger partial charge is 0.317 e. The Labute approximate surface area is 95.8 Å². The van der Waals surface area contributed by atoms with Gasteiger partial charge < -0.3 is 15.3 Å². The Morgan fingerprint density at radius 3 is 2.62 bits per heavy atom. The summed E-state index contributed by atoms with van der Waals surface area (Å²) in [5.74, 6) is 1.46. The third-order valence-corrected chi connectivity index (χ3v) is 2.26. The molecule has 0 aliphatic carbocycles. The topological polar surface area (TPSA) is 69.6 Å². The van der Waals surface area contributed by atoms with E-state index in [2.05, 4.69) is 11.2 Å². The van der Waals surface area contributed by atoms with Crippen LogP contribution in [0.25, 0.3) is 0 Å². The van der Waals surface area contributed by atoms with Gasteiger partial charge in [0.2, 0.25) is 0 Å². The second-order valence-corrected chi connectivity index (χ2v) is 3.62. The molecule has 16 heavy (non-hydrogen) atoms. The number of carboxylic acid groups (broad SMARTS) is 1. The van der Waals surface area contributed by atoms with Gasteiger partial charge in [-0.05, 0) is 5.92 Å². The summed E-state index contributed by atoms with van der Waals surface area (Å²) >= 11 is 0. The number of amides is 2. The summed E-state index contributed by atoms with van der Waals surface area (Å²) in [6.45, 7) is 2.49. The Kier molecular flexibility index (Phi) is 6.77. The highest BCUT2D eigenvalue weighted by Crippen LogP contribution is 2.06. The number of rotatable bonds is 6. The molecule has 0 fully saturated rings. The number of hydrogen-bond donors (Lipinski definition) is 2. The molecule has 0 aromatic heterocycles. The van der Waals surface area contributed by atoms with Crippen LogP contribution < -0.4 is 5.32 Å². The minimum atomic E-state index is -0.849. The second-order valence-electron chi connectivity index (χ2n) is 3.62. The number of carbonyl (C=O) groups excluding carboxylic acids is 1. The SMILES string of the molecule is C#CCN(C)C(=O)NCC(CC)CC(=O)O. The predicted molar refractivity (Wildman–Crippen MR) is 60.9 cm³/mol. The molecule has 0 bridgehead atoms. The zero-order valence-electron chi connectivity index (χ0n) is 9.69. The van der Waals surface area contributed by atoms with Crippen molar-refractivity contribution in [1.82, 2.24) is 10.2 Å². The summed E-state index contributed by atoms with van der Waals surface area (Å²) in [5, 5.41) is 11.3. The summed E-state index contributed by atoms with van der Waals surface area (Å²) in [6, 6.07) is -0.276. The van der Waals surface area contributed by atoms with Crippen LogP contribution in [-0.2, 0) is 4.79 Å². The molecule has 5 nitrogen and oxygen atoms in total. The van der Waals surface area contributed by atoms with Gasteiger partial charge in [0.25, 0.3) is 0 Å². The standard InChI is InChI=1S/C11H18N2O3/c1-4-6-13(3)11(16)12-8-9(5-2)7-10(14)15/h1,9H,5-8H2,2-3H3,(H,12,16)(H,14,15). The molecular weight excluding hydrogens is 208 g/mol. The van der Waals surface area contributed by atoms with Crippen LogP contribution in [0.15, 0.2) is 0 Å². The highest BCUT2D eigenvalue weighted by Gasteiger charge is 2.13. The van der Waals surface area contributed by atoms with Crippen molar-refractivity contribution in [3.8, 4) is 12.3 Å². The molecule has 0 radical (unpaired) electrons. The van der Waals surface area contributed by atoms with E-state index in [9.17, 15) is 9.59 Å². The van der Waals surface area contributed by atoms with E-state index in [0.29, 0.717) is 13.0 Å². The molecule has 0 aliphatic heterocycles. The van der Waals surface area contributed by atoms with Crippen molar-refractivity contribution in [3.63, 3.8) is 0 Å². The number of aliphatic carboxylic acids is 1. The summed E-state index contributed by atoms with van der Waals surface area (Å²) in [7, 11) is 1.59. The minimum Gasteiger partial charge on any atom is -0.481 e. The number of carboxylic acids is 1. The Hall–Kier alpha value is -1.70. The molecule has 2 amide bonds. The lowest BCUT2D eigenvalue weighted by Crippen LogP contribution is -2.40. The number of nitrogens with zero attached hydrogens (tertiary/aromatic N) is 1. The zero-order valence-corrected chi connectivity index (χ0v) is 9.69. The molecule has 0 saturated heterocycles. The van der Waals surface area contributed by atoms with Gasteiger partial charge in [-0.25, -0.2) is 4.79 Å². The van der Waals surface area contributed by atoms with Gasteiger partial charge in [-0.15, -0.1) is 6.42 Å². The molecule has 90 valence electrons. The summed E-state index contributed by atoms with van der Waals surface area (Å²) in [4.78, 5) is 23.3. The highest BCUT2D eigenvalue weighted by atomic mass is 16.4. The monoisotopic (exact) mass is 226 g/mol. The number of carbonyl (C=O) groups is 2. The maximum atomic E-state index is 11.4. The number of hydrogen-bond acceptors (Lipinski definition) is 2. The average molecular weight is 226 g/mol. The van der Waals surface area contributed by atoms with Gasteiger partial charge in [0.05, 0.1) is 6.54 Å². The molecule has 2 N–H and O–H groups in total. The Balaban J connectivity index is 3.97. The van der Waals surface area contributed by atoms with Gasteiger partial charge in [0.15, 0.2) is 0 Å². The van der Waals surface area contributed by atoms with E-state index < -0.39 is 5.97 Å². The lowest BCUT2D eigenvalue weighted by Gasteiger charge is -2.18. The first kappa shape index (κ1) is 14.3. The molecule has 1 unspecified atom stereocenters. The van der Waals surface area contributed by atoms with Gasteiger partial charge in [0.1, 0.15) is 0 Å². The van der Waals surface area contributed by atoms with E-state index in [1.807, 2.05) is 6.92 Å². The third kappa shape index (κ3) is 5.91. The van der Waals surface area contributed by atoms with Crippen LogP contribution in [0.4, 0.5) is 4.79 Å². The molecule has 0 aromatic carbocycles. The van der Waals surface area contributed by atoms with E-state index in [4.69, 9.17) is 11.5 Å². The van der Waals surface area contributed by atoms with Crippen LogP contribution in [-0.4, -0.2) is 42.1 Å². The Morgan fingerprint density at radius 2 is 2.19 bits per heavy atom. The first-order valence-corrected chi connectivity index (χ1v) is 5.15. The van der Waals surface area contributed by atoms with E-state index in [1.165, 1.54) is 4.90 Å². The molecule has 0 heterocycles. The van der Waals surface area contributed by atoms with Gasteiger partial charge >= 0.3 is 12.0 Å². The van der Waals surface area contributed by atoms with Crippen LogP contribution in [0.1, 0.15) is 19.8 Å². The van der Waals surface area contributed by atoms with Gasteiger partial charge in [-0.1, -0.05) is 19.3 Å². The van der Waals surface area contributed by atoms with Crippen molar-refractivity contribution >= 4 is 12.0 Å². The second kappa shape index (κ2) is 7.57. The van der Waals surface area contributed by atoms with Gasteiger partial charge in [-0.3, -0.25) is 4.79 Å². The normalized spacial score (nSPS) is 11.3. The fourth-order valence-corrected chi connectivity index (χ4v) is 1.18. The summed E-state index contributed by atoms with van der Waals surface area (Å²) < 4.78 is 0. The molecule has 0 spiro atoms. The zero-order chi connectivity index (χ0) is 12.6. The molecule has 5 heteroatoms. The fourth-order valence-electron chi connectivity index (χ4n) is 1.18. The highest BCUT2D eigenvalue weighted by molar-refractivity contribution is 5.74. The third-order valence-electron chi connectivity index (χ3n) is 2.26. The Morgan fingerprint density at radius 1 is 1.56 bits per heavy atom. The molecule has 0 saturated carbocycles. The summed E-state index contributed by atoms with van der Waals surface area (Å²) in [5.41, 5.74) is 0. The quantitative estimate of drug-likeness (QED) is 0.657. The van der Waals surface area contributed by atoms with Crippen LogP contribution >= 0.6 is 0 Å². The Bertz CT molecular complexity index is 283. The maximum Gasteiger partial charge on any atom is 0.317 e. The van der Waals surface area contributed by atoms with Crippen molar-refractivity contribution in [2.75, 3.05) is 20.1 Å². The van der Waals surface area contributed by atoms with Crippen molar-refractivity contribution < 1.29 is 14.7 Å². The molecule has 0 rings (SSSR count). The fraction of sp³-hybridized carbons (Fsp3) is 0.636. The number of urea groups is 1. The van der Waals surface area contributed by atoms with Crippen molar-refractivity contribution in [2.45, 2.75) is 19.8 Å². The van der Waals surface area contributed by atoms with E-state index in [-0.39, 0.29) is 24.9 Å². The van der Waals surface area contributed by atoms with Crippen molar-refractivity contribution in [1.29, 1.82) is 0 Å². The first-order chi connectivity index (χ1) is 7.51. The maximum absolute atomic E-state index is 11.4. The van der Waals surface area contributed by atoms with Crippen LogP contribution in [0, 0.1) is 18.3 Å². The number of nitrogens with one attached hydrogen (secondary N) is 1. The first-order valence-electron chi connectivity index (χ1n) is 5.15. The number of terminal acetylenes is 1. The van der Waals surface area contributed by atoms with Gasteiger partial charge in [-0.2, -0.15) is 0 Å². The average Bonchev–Trinajstić information content (AvgIpc) is 2.23. The lowest BCUT2D eigenvalue weighted by atomic mass is 10.0. The van der Waals surface area contributed by atoms with E-state index in [0.717, 1.165) is 0 Å². The predicted octanol–water partition coefficient (Wildman–Crippen LogP) is 0.762. The molecule has 0 aromatic rings. The summed E-state index contributed by atoms with van der Waals surface area (Å²) in [6.07, 6.45) is 5.84. The molecular formula is C11H18N2O3. The van der Waals surface area contributed by atoms with Crippen LogP contribution in [0.5, 0.6) is 0 Å². The van der Waals surface area contributed by atoms with E-state index >= 15 is 0 Å². The van der Waals surface area contributed by atoms with E-state index in [1.54, 1.807) is 7.05 Å². The molecule has 0 aliphatic rings. The molecule has 1 atom stereocenters.